The number of carbonyl (C=O) groups is 2. The summed E-state index contributed by atoms with van der Waals surface area (Å²) in [5.41, 5.74) is -0.656. The number of carboxylic acids is 1. The molecule has 25 heavy (non-hydrogen) atoms. The van der Waals surface area contributed by atoms with E-state index in [9.17, 15) is 18.4 Å². The Morgan fingerprint density at radius 1 is 1.28 bits per heavy atom. The Morgan fingerprint density at radius 2 is 1.92 bits per heavy atom. The van der Waals surface area contributed by atoms with Crippen LogP contribution in [0.4, 0.5) is 8.78 Å². The first-order valence-electron chi connectivity index (χ1n) is 7.70. The molecule has 1 atom stereocenters. The molecular formula is C17H18F2N2O4. The molecule has 0 saturated heterocycles. The third-order valence-electron chi connectivity index (χ3n) is 3.53. The molecule has 0 fully saturated rings. The maximum Gasteiger partial charge on any atom is 0.308 e. The number of hydrogen-bond acceptors (Lipinski definition) is 4. The smallest absolute Gasteiger partial charge is 0.308 e. The van der Waals surface area contributed by atoms with Gasteiger partial charge in [0.15, 0.2) is 5.69 Å². The lowest BCUT2D eigenvalue weighted by Gasteiger charge is -2.14. The van der Waals surface area contributed by atoms with Gasteiger partial charge in [-0.3, -0.25) is 9.59 Å². The van der Waals surface area contributed by atoms with Gasteiger partial charge in [-0.15, -0.1) is 0 Å². The molecule has 2 N–H and O–H groups in total. The van der Waals surface area contributed by atoms with Crippen LogP contribution in [-0.4, -0.2) is 28.5 Å². The molecule has 0 bridgehead atoms. The van der Waals surface area contributed by atoms with Gasteiger partial charge in [0.1, 0.15) is 23.5 Å². The van der Waals surface area contributed by atoms with E-state index < -0.39 is 35.0 Å². The molecule has 0 aliphatic rings. The lowest BCUT2D eigenvalue weighted by Crippen LogP contribution is -2.33. The lowest BCUT2D eigenvalue weighted by atomic mass is 9.97. The van der Waals surface area contributed by atoms with Crippen LogP contribution >= 0.6 is 0 Å². The second-order valence-electron chi connectivity index (χ2n) is 6.01. The molecule has 0 radical (unpaired) electrons. The molecule has 0 aliphatic carbocycles. The first-order valence-corrected chi connectivity index (χ1v) is 7.70. The second-order valence-corrected chi connectivity index (χ2v) is 6.01. The van der Waals surface area contributed by atoms with E-state index in [1.807, 2.05) is 13.8 Å². The van der Waals surface area contributed by atoms with Gasteiger partial charge in [-0.2, -0.15) is 0 Å². The van der Waals surface area contributed by atoms with Crippen LogP contribution in [0, 0.1) is 23.5 Å². The monoisotopic (exact) mass is 352 g/mol. The molecular weight excluding hydrogens is 334 g/mol. The van der Waals surface area contributed by atoms with E-state index in [2.05, 4.69) is 10.3 Å². The molecule has 1 unspecified atom stereocenters. The SMILES string of the molecule is CC(C)CC(CNC(=O)c1coc(-c2c(F)cccc2F)n1)C(=O)O. The fourth-order valence-electron chi connectivity index (χ4n) is 2.34. The van der Waals surface area contributed by atoms with Crippen LogP contribution in [0.25, 0.3) is 11.5 Å². The van der Waals surface area contributed by atoms with Crippen LogP contribution < -0.4 is 5.32 Å². The average molecular weight is 352 g/mol. The minimum Gasteiger partial charge on any atom is -0.481 e. The molecule has 1 aromatic carbocycles. The van der Waals surface area contributed by atoms with Gasteiger partial charge in [-0.1, -0.05) is 19.9 Å². The van der Waals surface area contributed by atoms with Crippen LogP contribution in [0.15, 0.2) is 28.9 Å². The highest BCUT2D eigenvalue weighted by atomic mass is 19.1. The molecule has 2 rings (SSSR count). The molecule has 8 heteroatoms. The molecule has 1 amide bonds. The number of amides is 1. The summed E-state index contributed by atoms with van der Waals surface area (Å²) in [6.07, 6.45) is 1.37. The van der Waals surface area contributed by atoms with E-state index in [4.69, 9.17) is 9.52 Å². The maximum absolute atomic E-state index is 13.7. The molecule has 1 heterocycles. The Kier molecular flexibility index (Phi) is 5.84. The fraction of sp³-hybridized carbons (Fsp3) is 0.353. The summed E-state index contributed by atoms with van der Waals surface area (Å²) in [4.78, 5) is 27.0. The van der Waals surface area contributed by atoms with Crippen LogP contribution in [0.3, 0.4) is 0 Å². The van der Waals surface area contributed by atoms with Gasteiger partial charge in [0.2, 0.25) is 5.89 Å². The maximum atomic E-state index is 13.7. The van der Waals surface area contributed by atoms with Crippen molar-refractivity contribution in [2.75, 3.05) is 6.54 Å². The third-order valence-corrected chi connectivity index (χ3v) is 3.53. The van der Waals surface area contributed by atoms with Crippen molar-refractivity contribution in [1.29, 1.82) is 0 Å². The van der Waals surface area contributed by atoms with E-state index in [-0.39, 0.29) is 24.0 Å². The summed E-state index contributed by atoms with van der Waals surface area (Å²) >= 11 is 0. The predicted octanol–water partition coefficient (Wildman–Crippen LogP) is 3.10. The average Bonchev–Trinajstić information content (AvgIpc) is 3.00. The zero-order chi connectivity index (χ0) is 18.6. The lowest BCUT2D eigenvalue weighted by molar-refractivity contribution is -0.142. The standard InChI is InChI=1S/C17H18F2N2O4/c1-9(2)6-10(17(23)24)7-20-15(22)13-8-25-16(21-13)14-11(18)4-3-5-12(14)19/h3-5,8-10H,6-7H2,1-2H3,(H,20,22)(H,23,24). The first-order chi connectivity index (χ1) is 11.8. The molecule has 2 aromatic rings. The summed E-state index contributed by atoms with van der Waals surface area (Å²) < 4.78 is 32.4. The van der Waals surface area contributed by atoms with Crippen LogP contribution in [0.2, 0.25) is 0 Å². The number of carboxylic acid groups (broad SMARTS) is 1. The van der Waals surface area contributed by atoms with E-state index >= 15 is 0 Å². The van der Waals surface area contributed by atoms with Crippen molar-refractivity contribution in [1.82, 2.24) is 10.3 Å². The molecule has 134 valence electrons. The van der Waals surface area contributed by atoms with Gasteiger partial charge in [0.05, 0.1) is 5.92 Å². The van der Waals surface area contributed by atoms with E-state index in [1.54, 1.807) is 0 Å². The fourth-order valence-corrected chi connectivity index (χ4v) is 2.34. The topological polar surface area (TPSA) is 92.4 Å². The molecule has 0 aliphatic heterocycles. The number of aromatic nitrogens is 1. The van der Waals surface area contributed by atoms with E-state index in [1.165, 1.54) is 6.07 Å². The number of halogens is 2. The van der Waals surface area contributed by atoms with Gasteiger partial charge >= 0.3 is 5.97 Å². The first kappa shape index (κ1) is 18.6. The molecule has 0 saturated carbocycles. The summed E-state index contributed by atoms with van der Waals surface area (Å²) in [5.74, 6) is -4.36. The van der Waals surface area contributed by atoms with Gasteiger partial charge in [-0.05, 0) is 24.5 Å². The Hall–Kier alpha value is -2.77. The highest BCUT2D eigenvalue weighted by molar-refractivity contribution is 5.92. The summed E-state index contributed by atoms with van der Waals surface area (Å²) in [5, 5.41) is 11.6. The molecule has 0 spiro atoms. The Bertz CT molecular complexity index is 754. The number of rotatable bonds is 7. The van der Waals surface area contributed by atoms with E-state index in [0.717, 1.165) is 18.4 Å². The van der Waals surface area contributed by atoms with Crippen LogP contribution in [-0.2, 0) is 4.79 Å². The van der Waals surface area contributed by atoms with Crippen molar-refractivity contribution < 1.29 is 27.9 Å². The Balaban J connectivity index is 2.09. The number of hydrogen-bond donors (Lipinski definition) is 2. The summed E-state index contributed by atoms with van der Waals surface area (Å²) in [7, 11) is 0. The Labute approximate surface area is 142 Å². The number of nitrogens with zero attached hydrogens (tertiary/aromatic N) is 1. The quantitative estimate of drug-likeness (QED) is 0.799. The summed E-state index contributed by atoms with van der Waals surface area (Å²) in [6, 6.07) is 3.29. The number of carbonyl (C=O) groups excluding carboxylic acids is 1. The Morgan fingerprint density at radius 3 is 2.48 bits per heavy atom. The van der Waals surface area contributed by atoms with Crippen LogP contribution in [0.5, 0.6) is 0 Å². The van der Waals surface area contributed by atoms with Crippen molar-refractivity contribution in [3.05, 3.63) is 41.8 Å². The molecule has 1 aromatic heterocycles. The van der Waals surface area contributed by atoms with Crippen molar-refractivity contribution in [2.45, 2.75) is 20.3 Å². The van der Waals surface area contributed by atoms with E-state index in [0.29, 0.717) is 6.42 Å². The number of oxazole rings is 1. The van der Waals surface area contributed by atoms with Crippen molar-refractivity contribution in [2.24, 2.45) is 11.8 Å². The summed E-state index contributed by atoms with van der Waals surface area (Å²) in [6.45, 7) is 3.68. The third kappa shape index (κ3) is 4.62. The minimum atomic E-state index is -1.01. The number of nitrogens with one attached hydrogen (secondary N) is 1. The largest absolute Gasteiger partial charge is 0.481 e. The molecule has 6 nitrogen and oxygen atoms in total. The van der Waals surface area contributed by atoms with Gasteiger partial charge < -0.3 is 14.8 Å². The highest BCUT2D eigenvalue weighted by Gasteiger charge is 2.22. The van der Waals surface area contributed by atoms with Crippen molar-refractivity contribution in [3.8, 4) is 11.5 Å². The normalized spacial score (nSPS) is 12.2. The predicted molar refractivity (Wildman–Crippen MR) is 84.8 cm³/mol. The van der Waals surface area contributed by atoms with Gasteiger partial charge in [0.25, 0.3) is 5.91 Å². The number of benzene rings is 1. The highest BCUT2D eigenvalue weighted by Crippen LogP contribution is 2.25. The van der Waals surface area contributed by atoms with Crippen molar-refractivity contribution in [3.63, 3.8) is 0 Å². The zero-order valence-corrected chi connectivity index (χ0v) is 13.8. The minimum absolute atomic E-state index is 0.0808. The van der Waals surface area contributed by atoms with Crippen LogP contribution in [0.1, 0.15) is 30.8 Å². The van der Waals surface area contributed by atoms with Gasteiger partial charge in [-0.25, -0.2) is 13.8 Å². The number of aliphatic carboxylic acids is 1. The second kappa shape index (κ2) is 7.87. The zero-order valence-electron chi connectivity index (χ0n) is 13.8. The van der Waals surface area contributed by atoms with Gasteiger partial charge in [0, 0.05) is 6.54 Å². The van der Waals surface area contributed by atoms with Crippen molar-refractivity contribution >= 4 is 11.9 Å².